The predicted octanol–water partition coefficient (Wildman–Crippen LogP) is 4.31. The summed E-state index contributed by atoms with van der Waals surface area (Å²) >= 11 is 1.76. The highest BCUT2D eigenvalue weighted by Crippen LogP contribution is 2.37. The summed E-state index contributed by atoms with van der Waals surface area (Å²) in [6, 6.07) is 10.5. The van der Waals surface area contributed by atoms with Gasteiger partial charge in [0, 0.05) is 15.5 Å². The number of benzene rings is 1. The van der Waals surface area contributed by atoms with Gasteiger partial charge in [0.15, 0.2) is 0 Å². The highest BCUT2D eigenvalue weighted by molar-refractivity contribution is 7.20. The summed E-state index contributed by atoms with van der Waals surface area (Å²) in [4.78, 5) is 12.5. The molecule has 0 saturated heterocycles. The lowest BCUT2D eigenvalue weighted by Gasteiger charge is -2.21. The van der Waals surface area contributed by atoms with Gasteiger partial charge in [-0.15, -0.1) is 11.3 Å². The van der Waals surface area contributed by atoms with Crippen LogP contribution in [0.4, 0.5) is 0 Å². The molecule has 0 spiro atoms. The van der Waals surface area contributed by atoms with E-state index >= 15 is 0 Å². The molecule has 0 bridgehead atoms. The summed E-state index contributed by atoms with van der Waals surface area (Å²) in [5.41, 5.74) is 1.15. The van der Waals surface area contributed by atoms with Gasteiger partial charge in [-0.2, -0.15) is 0 Å². The molecule has 1 aliphatic rings. The van der Waals surface area contributed by atoms with Gasteiger partial charge < -0.3 is 4.79 Å². The van der Waals surface area contributed by atoms with E-state index in [-0.39, 0.29) is 11.8 Å². The molecular formula is C16H14OS. The number of carbonyl (C=O) groups is 1. The molecule has 0 aliphatic heterocycles. The number of fused-ring (bicyclic) bond motifs is 1. The van der Waals surface area contributed by atoms with E-state index in [1.807, 2.05) is 6.07 Å². The summed E-state index contributed by atoms with van der Waals surface area (Å²) in [5, 5.41) is 1.25. The van der Waals surface area contributed by atoms with Crippen molar-refractivity contribution in [2.45, 2.75) is 6.92 Å². The van der Waals surface area contributed by atoms with Crippen LogP contribution >= 0.6 is 11.3 Å². The molecule has 2 unspecified atom stereocenters. The molecule has 90 valence electrons. The van der Waals surface area contributed by atoms with Gasteiger partial charge in [0.25, 0.3) is 0 Å². The third-order valence-electron chi connectivity index (χ3n) is 3.47. The zero-order chi connectivity index (χ0) is 12.5. The maximum atomic E-state index is 11.3. The number of thiophene rings is 1. The highest BCUT2D eigenvalue weighted by atomic mass is 32.1. The maximum Gasteiger partial charge on any atom is 0.128 e. The Labute approximate surface area is 110 Å². The highest BCUT2D eigenvalue weighted by Gasteiger charge is 2.23. The minimum Gasteiger partial charge on any atom is -0.303 e. The molecule has 1 heterocycles. The quantitative estimate of drug-likeness (QED) is 0.730. The molecule has 0 saturated carbocycles. The number of aldehydes is 1. The van der Waals surface area contributed by atoms with Gasteiger partial charge in [0.1, 0.15) is 6.29 Å². The van der Waals surface area contributed by atoms with E-state index in [4.69, 9.17) is 0 Å². The molecule has 2 aromatic rings. The fourth-order valence-corrected chi connectivity index (χ4v) is 3.55. The van der Waals surface area contributed by atoms with Crippen LogP contribution in [0, 0.1) is 11.8 Å². The third kappa shape index (κ3) is 1.83. The fourth-order valence-electron chi connectivity index (χ4n) is 2.42. The van der Waals surface area contributed by atoms with Gasteiger partial charge in [-0.1, -0.05) is 43.4 Å². The van der Waals surface area contributed by atoms with Gasteiger partial charge in [-0.25, -0.2) is 0 Å². The first-order valence-corrected chi connectivity index (χ1v) is 6.94. The van der Waals surface area contributed by atoms with Gasteiger partial charge in [-0.05, 0) is 29.0 Å². The topological polar surface area (TPSA) is 17.1 Å². The molecule has 1 aliphatic carbocycles. The van der Waals surface area contributed by atoms with E-state index in [9.17, 15) is 4.79 Å². The normalized spacial score (nSPS) is 23.1. The number of carbonyl (C=O) groups excluding carboxylic acids is 1. The van der Waals surface area contributed by atoms with Crippen molar-refractivity contribution in [2.24, 2.45) is 11.8 Å². The Kier molecular flexibility index (Phi) is 2.88. The standard InChI is InChI=1S/C16H14OS/c1-11-5-4-7-13(14(11)10-17)16-9-12-6-2-3-8-15(12)18-16/h2-11,14H,1H3. The van der Waals surface area contributed by atoms with Crippen molar-refractivity contribution < 1.29 is 4.79 Å². The lowest BCUT2D eigenvalue weighted by atomic mass is 9.83. The van der Waals surface area contributed by atoms with Crippen molar-refractivity contribution in [3.63, 3.8) is 0 Å². The number of hydrogen-bond donors (Lipinski definition) is 0. The number of allylic oxidation sites excluding steroid dienone is 4. The van der Waals surface area contributed by atoms with E-state index in [0.717, 1.165) is 11.9 Å². The summed E-state index contributed by atoms with van der Waals surface area (Å²) in [6.45, 7) is 2.09. The lowest BCUT2D eigenvalue weighted by molar-refractivity contribution is -0.110. The second kappa shape index (κ2) is 4.54. The summed E-state index contributed by atoms with van der Waals surface area (Å²) in [6.07, 6.45) is 7.30. The smallest absolute Gasteiger partial charge is 0.128 e. The van der Waals surface area contributed by atoms with E-state index in [1.54, 1.807) is 11.3 Å². The average Bonchev–Trinajstić information content (AvgIpc) is 2.82. The Morgan fingerprint density at radius 2 is 2.11 bits per heavy atom. The molecule has 0 amide bonds. The van der Waals surface area contributed by atoms with Crippen LogP contribution in [-0.2, 0) is 4.79 Å². The number of rotatable bonds is 2. The summed E-state index contributed by atoms with van der Waals surface area (Å²) in [7, 11) is 0. The van der Waals surface area contributed by atoms with E-state index in [1.165, 1.54) is 15.0 Å². The van der Waals surface area contributed by atoms with Crippen LogP contribution in [0.5, 0.6) is 0 Å². The fraction of sp³-hybridized carbons (Fsp3) is 0.188. The zero-order valence-corrected chi connectivity index (χ0v) is 11.0. The molecule has 1 aromatic carbocycles. The van der Waals surface area contributed by atoms with Gasteiger partial charge in [0.2, 0.25) is 0 Å². The van der Waals surface area contributed by atoms with Crippen molar-refractivity contribution in [2.75, 3.05) is 0 Å². The molecule has 0 radical (unpaired) electrons. The Morgan fingerprint density at radius 3 is 2.89 bits per heavy atom. The first-order valence-electron chi connectivity index (χ1n) is 6.12. The zero-order valence-electron chi connectivity index (χ0n) is 10.2. The largest absolute Gasteiger partial charge is 0.303 e. The minimum absolute atomic E-state index is 0.0111. The monoisotopic (exact) mass is 254 g/mol. The maximum absolute atomic E-state index is 11.3. The average molecular weight is 254 g/mol. The van der Waals surface area contributed by atoms with E-state index in [2.05, 4.69) is 49.4 Å². The van der Waals surface area contributed by atoms with Crippen LogP contribution in [-0.4, -0.2) is 6.29 Å². The van der Waals surface area contributed by atoms with Crippen molar-refractivity contribution in [1.82, 2.24) is 0 Å². The number of hydrogen-bond acceptors (Lipinski definition) is 2. The van der Waals surface area contributed by atoms with Crippen LogP contribution < -0.4 is 0 Å². The SMILES string of the molecule is CC1C=CC=C(c2cc3ccccc3s2)C1C=O. The minimum atomic E-state index is -0.0111. The molecule has 1 aromatic heterocycles. The van der Waals surface area contributed by atoms with Gasteiger partial charge in [-0.3, -0.25) is 0 Å². The Morgan fingerprint density at radius 1 is 1.28 bits per heavy atom. The second-order valence-electron chi connectivity index (χ2n) is 4.68. The molecule has 2 heteroatoms. The first kappa shape index (κ1) is 11.4. The molecular weight excluding hydrogens is 240 g/mol. The molecule has 1 nitrogen and oxygen atoms in total. The van der Waals surface area contributed by atoms with Crippen molar-refractivity contribution in [3.05, 3.63) is 53.4 Å². The summed E-state index contributed by atoms with van der Waals surface area (Å²) in [5.74, 6) is 0.274. The Hall–Kier alpha value is -1.67. The van der Waals surface area contributed by atoms with Crippen LogP contribution in [0.1, 0.15) is 11.8 Å². The van der Waals surface area contributed by atoms with Crippen molar-refractivity contribution in [1.29, 1.82) is 0 Å². The van der Waals surface area contributed by atoms with E-state index < -0.39 is 0 Å². The molecule has 18 heavy (non-hydrogen) atoms. The van der Waals surface area contributed by atoms with Crippen LogP contribution in [0.2, 0.25) is 0 Å². The Balaban J connectivity index is 2.10. The summed E-state index contributed by atoms with van der Waals surface area (Å²) < 4.78 is 1.28. The Bertz CT molecular complexity index is 615. The van der Waals surface area contributed by atoms with Crippen LogP contribution in [0.3, 0.4) is 0 Å². The molecule has 3 rings (SSSR count). The van der Waals surface area contributed by atoms with Crippen LogP contribution in [0.15, 0.2) is 48.6 Å². The van der Waals surface area contributed by atoms with Crippen molar-refractivity contribution in [3.8, 4) is 0 Å². The first-order chi connectivity index (χ1) is 8.79. The lowest BCUT2D eigenvalue weighted by Crippen LogP contribution is -2.15. The van der Waals surface area contributed by atoms with Crippen molar-refractivity contribution >= 4 is 33.3 Å². The van der Waals surface area contributed by atoms with Gasteiger partial charge >= 0.3 is 0 Å². The van der Waals surface area contributed by atoms with Crippen LogP contribution in [0.25, 0.3) is 15.7 Å². The predicted molar refractivity (Wildman–Crippen MR) is 77.7 cm³/mol. The third-order valence-corrected chi connectivity index (χ3v) is 4.64. The second-order valence-corrected chi connectivity index (χ2v) is 5.76. The van der Waals surface area contributed by atoms with Gasteiger partial charge in [0.05, 0.1) is 0 Å². The molecule has 0 fully saturated rings. The molecule has 0 N–H and O–H groups in total. The van der Waals surface area contributed by atoms with E-state index in [0.29, 0.717) is 0 Å². The molecule has 2 atom stereocenters.